The van der Waals surface area contributed by atoms with Crippen LogP contribution in [0.15, 0.2) is 24.3 Å². The van der Waals surface area contributed by atoms with Gasteiger partial charge in [0.15, 0.2) is 5.78 Å². The van der Waals surface area contributed by atoms with Gasteiger partial charge in [-0.3, -0.25) is 4.79 Å². The third-order valence-electron chi connectivity index (χ3n) is 3.30. The number of nitrogens with zero attached hydrogens (tertiary/aromatic N) is 1. The quantitative estimate of drug-likeness (QED) is 0.617. The molecule has 0 aliphatic carbocycles. The van der Waals surface area contributed by atoms with Crippen LogP contribution in [0.3, 0.4) is 0 Å². The summed E-state index contributed by atoms with van der Waals surface area (Å²) in [5, 5.41) is 0.616. The molecule has 1 fully saturated rings. The normalized spacial score (nSPS) is 20.7. The van der Waals surface area contributed by atoms with Gasteiger partial charge in [0.2, 0.25) is 0 Å². The molecular weight excluding hydrogens is 248 g/mol. The van der Waals surface area contributed by atoms with Gasteiger partial charge < -0.3 is 9.47 Å². The zero-order valence-corrected chi connectivity index (χ0v) is 11.3. The molecule has 1 heterocycles. The highest BCUT2D eigenvalue weighted by atomic mass is 35.5. The van der Waals surface area contributed by atoms with E-state index in [1.165, 1.54) is 0 Å². The van der Waals surface area contributed by atoms with Crippen LogP contribution in [0.4, 0.5) is 0 Å². The van der Waals surface area contributed by atoms with Crippen molar-refractivity contribution in [3.63, 3.8) is 0 Å². The number of hydrogen-bond donors (Lipinski definition) is 0. The molecule has 1 atom stereocenters. The van der Waals surface area contributed by atoms with Crippen LogP contribution in [0.2, 0.25) is 5.02 Å². The molecule has 18 heavy (non-hydrogen) atoms. The van der Waals surface area contributed by atoms with E-state index in [2.05, 4.69) is 4.81 Å². The fourth-order valence-electron chi connectivity index (χ4n) is 2.45. The van der Waals surface area contributed by atoms with Crippen molar-refractivity contribution in [2.75, 3.05) is 20.2 Å². The summed E-state index contributed by atoms with van der Waals surface area (Å²) in [6, 6.07) is 7.20. The Kier molecular flexibility index (Phi) is 4.81. The number of hydrogen-bond acceptors (Lipinski definition) is 3. The van der Waals surface area contributed by atoms with Crippen LogP contribution in [-0.2, 0) is 4.65 Å². The van der Waals surface area contributed by atoms with E-state index in [0.717, 1.165) is 25.9 Å². The predicted octanol–water partition coefficient (Wildman–Crippen LogP) is 2.15. The van der Waals surface area contributed by atoms with Gasteiger partial charge >= 0.3 is 7.62 Å². The first kappa shape index (κ1) is 13.6. The molecule has 0 bridgehead atoms. The summed E-state index contributed by atoms with van der Waals surface area (Å²) in [6.07, 6.45) is 1.99. The van der Waals surface area contributed by atoms with Crippen LogP contribution in [0.25, 0.3) is 0 Å². The first-order chi connectivity index (χ1) is 8.70. The molecule has 1 aromatic carbocycles. The summed E-state index contributed by atoms with van der Waals surface area (Å²) >= 11 is 5.92. The molecular formula is C13H17BClNO2. The van der Waals surface area contributed by atoms with Gasteiger partial charge in [-0.1, -0.05) is 23.7 Å². The molecule has 0 N–H and O–H groups in total. The predicted molar refractivity (Wildman–Crippen MR) is 74.2 cm³/mol. The van der Waals surface area contributed by atoms with Crippen molar-refractivity contribution in [1.82, 2.24) is 4.81 Å². The Morgan fingerprint density at radius 2 is 2.39 bits per heavy atom. The van der Waals surface area contributed by atoms with Crippen molar-refractivity contribution < 1.29 is 9.45 Å². The summed E-state index contributed by atoms with van der Waals surface area (Å²) in [5.74, 6) is 0.255. The van der Waals surface area contributed by atoms with Crippen LogP contribution in [-0.4, -0.2) is 38.4 Å². The molecule has 96 valence electrons. The van der Waals surface area contributed by atoms with Gasteiger partial charge in [0, 0.05) is 23.6 Å². The van der Waals surface area contributed by atoms with Gasteiger partial charge in [0.1, 0.15) is 0 Å². The van der Waals surface area contributed by atoms with E-state index in [0.29, 0.717) is 18.2 Å². The molecule has 5 heteroatoms. The fourth-order valence-corrected chi connectivity index (χ4v) is 2.64. The molecule has 0 radical (unpaired) electrons. The minimum Gasteiger partial charge on any atom is -0.427 e. The van der Waals surface area contributed by atoms with Gasteiger partial charge in [-0.25, -0.2) is 0 Å². The maximum Gasteiger partial charge on any atom is 0.363 e. The van der Waals surface area contributed by atoms with Gasteiger partial charge in [-0.2, -0.15) is 0 Å². The lowest BCUT2D eigenvalue weighted by molar-refractivity contribution is 0.0865. The molecule has 1 aliphatic heterocycles. The molecule has 0 amide bonds. The number of carbonyl (C=O) groups excluding carboxylic acids is 1. The molecule has 0 saturated carbocycles. The van der Waals surface area contributed by atoms with E-state index in [-0.39, 0.29) is 11.7 Å². The number of halogens is 1. The Balaban J connectivity index is 2.04. The van der Waals surface area contributed by atoms with E-state index in [1.807, 2.05) is 12.1 Å². The van der Waals surface area contributed by atoms with Crippen molar-refractivity contribution in [2.24, 2.45) is 5.92 Å². The first-order valence-corrected chi connectivity index (χ1v) is 6.59. The SMILES string of the molecule is COBN1CCC[C@@H](C(=O)c2cccc(Cl)c2)C1. The minimum absolute atomic E-state index is 0.0624. The summed E-state index contributed by atoms with van der Waals surface area (Å²) in [7, 11) is 2.28. The maximum absolute atomic E-state index is 12.4. The maximum atomic E-state index is 12.4. The minimum atomic E-state index is 0.0624. The van der Waals surface area contributed by atoms with Crippen molar-refractivity contribution in [2.45, 2.75) is 12.8 Å². The second-order valence-corrected chi connectivity index (χ2v) is 5.14. The molecule has 2 rings (SSSR count). The van der Waals surface area contributed by atoms with Gasteiger partial charge in [-0.15, -0.1) is 0 Å². The molecule has 0 unspecified atom stereocenters. The second-order valence-electron chi connectivity index (χ2n) is 4.71. The highest BCUT2D eigenvalue weighted by molar-refractivity contribution is 6.31. The van der Waals surface area contributed by atoms with Gasteiger partial charge in [0.05, 0.1) is 0 Å². The van der Waals surface area contributed by atoms with E-state index < -0.39 is 0 Å². The summed E-state index contributed by atoms with van der Waals surface area (Å²) in [5.41, 5.74) is 0.715. The lowest BCUT2D eigenvalue weighted by Gasteiger charge is -2.30. The number of piperidine rings is 1. The molecule has 1 aromatic rings. The lowest BCUT2D eigenvalue weighted by atomic mass is 9.88. The molecule has 3 nitrogen and oxygen atoms in total. The average Bonchev–Trinajstić information content (AvgIpc) is 2.39. The van der Waals surface area contributed by atoms with Gasteiger partial charge in [-0.05, 0) is 38.1 Å². The highest BCUT2D eigenvalue weighted by Crippen LogP contribution is 2.22. The Morgan fingerprint density at radius 1 is 1.56 bits per heavy atom. The molecule has 0 spiro atoms. The summed E-state index contributed by atoms with van der Waals surface area (Å²) in [6.45, 7) is 1.78. The van der Waals surface area contributed by atoms with Crippen LogP contribution in [0.5, 0.6) is 0 Å². The van der Waals surface area contributed by atoms with E-state index in [9.17, 15) is 4.79 Å². The number of rotatable bonds is 4. The molecule has 1 aliphatic rings. The third kappa shape index (κ3) is 3.34. The Bertz CT molecular complexity index is 425. The van der Waals surface area contributed by atoms with Crippen LogP contribution in [0, 0.1) is 5.92 Å². The number of carbonyl (C=O) groups is 1. The van der Waals surface area contributed by atoms with Crippen molar-refractivity contribution in [1.29, 1.82) is 0 Å². The van der Waals surface area contributed by atoms with Crippen molar-refractivity contribution in [3.05, 3.63) is 34.9 Å². The number of Topliss-reactive ketones (excluding diaryl/α,β-unsaturated/α-hetero) is 1. The zero-order chi connectivity index (χ0) is 13.0. The Hall–Kier alpha value is -0.835. The third-order valence-corrected chi connectivity index (χ3v) is 3.53. The number of ketones is 1. The fraction of sp³-hybridized carbons (Fsp3) is 0.462. The van der Waals surface area contributed by atoms with E-state index in [4.69, 9.17) is 16.3 Å². The number of benzene rings is 1. The first-order valence-electron chi connectivity index (χ1n) is 6.22. The molecule has 1 saturated heterocycles. The highest BCUT2D eigenvalue weighted by Gasteiger charge is 2.26. The monoisotopic (exact) mass is 265 g/mol. The van der Waals surface area contributed by atoms with Gasteiger partial charge in [0.25, 0.3) is 0 Å². The lowest BCUT2D eigenvalue weighted by Crippen LogP contribution is -2.41. The van der Waals surface area contributed by atoms with E-state index in [1.54, 1.807) is 19.2 Å². The van der Waals surface area contributed by atoms with Crippen LogP contribution >= 0.6 is 11.6 Å². The summed E-state index contributed by atoms with van der Waals surface area (Å²) in [4.78, 5) is 14.6. The zero-order valence-electron chi connectivity index (χ0n) is 10.6. The second kappa shape index (κ2) is 6.37. The Labute approximate surface area is 113 Å². The topological polar surface area (TPSA) is 29.5 Å². The van der Waals surface area contributed by atoms with Crippen LogP contribution in [0.1, 0.15) is 23.2 Å². The van der Waals surface area contributed by atoms with Crippen molar-refractivity contribution in [3.8, 4) is 0 Å². The van der Waals surface area contributed by atoms with E-state index >= 15 is 0 Å². The standard InChI is InChI=1S/C13H17BClNO2/c1-18-14-16-7-3-5-11(9-16)13(17)10-4-2-6-12(15)8-10/h2,4,6,8,11,14H,3,5,7,9H2,1H3/t11-/m1/s1. The smallest absolute Gasteiger partial charge is 0.363 e. The van der Waals surface area contributed by atoms with Crippen molar-refractivity contribution >= 4 is 25.0 Å². The largest absolute Gasteiger partial charge is 0.427 e. The molecule has 0 aromatic heterocycles. The van der Waals surface area contributed by atoms with Crippen LogP contribution < -0.4 is 0 Å². The Morgan fingerprint density at radius 3 is 3.11 bits per heavy atom. The average molecular weight is 266 g/mol. The summed E-state index contributed by atoms with van der Waals surface area (Å²) < 4.78 is 5.13.